The summed E-state index contributed by atoms with van der Waals surface area (Å²) in [4.78, 5) is 19.0. The Hall–Kier alpha value is -2.28. The SMILES string of the molecule is O=C(Nc1sc2c(c1-c1nc3ccccc3s1)CCCC2)c1c(F)cccc1Cl. The molecule has 1 N–H and O–H groups in total. The molecule has 29 heavy (non-hydrogen) atoms. The van der Waals surface area contributed by atoms with Crippen LogP contribution in [0.5, 0.6) is 0 Å². The lowest BCUT2D eigenvalue weighted by Crippen LogP contribution is -2.14. The lowest BCUT2D eigenvalue weighted by molar-refractivity contribution is 0.102. The van der Waals surface area contributed by atoms with E-state index in [1.165, 1.54) is 28.6 Å². The molecule has 0 saturated carbocycles. The number of carbonyl (C=O) groups is 1. The number of anilines is 1. The summed E-state index contributed by atoms with van der Waals surface area (Å²) in [5, 5.41) is 4.64. The van der Waals surface area contributed by atoms with Gasteiger partial charge in [-0.15, -0.1) is 22.7 Å². The molecule has 0 radical (unpaired) electrons. The van der Waals surface area contributed by atoms with Gasteiger partial charge in [-0.3, -0.25) is 4.79 Å². The van der Waals surface area contributed by atoms with Crippen molar-refractivity contribution < 1.29 is 9.18 Å². The normalized spacial score (nSPS) is 13.4. The van der Waals surface area contributed by atoms with Gasteiger partial charge in [0.05, 0.1) is 20.8 Å². The van der Waals surface area contributed by atoms with E-state index < -0.39 is 11.7 Å². The van der Waals surface area contributed by atoms with Crippen LogP contribution in [0.25, 0.3) is 20.8 Å². The molecule has 0 saturated heterocycles. The number of nitrogens with one attached hydrogen (secondary N) is 1. The van der Waals surface area contributed by atoms with Crippen LogP contribution in [0.1, 0.15) is 33.6 Å². The van der Waals surface area contributed by atoms with Crippen LogP contribution in [0.2, 0.25) is 5.02 Å². The molecule has 146 valence electrons. The summed E-state index contributed by atoms with van der Waals surface area (Å²) in [5.74, 6) is -1.16. The van der Waals surface area contributed by atoms with Gasteiger partial charge in [0.2, 0.25) is 0 Å². The molecule has 1 aliphatic rings. The summed E-state index contributed by atoms with van der Waals surface area (Å²) < 4.78 is 15.3. The summed E-state index contributed by atoms with van der Waals surface area (Å²) in [6.45, 7) is 0. The van der Waals surface area contributed by atoms with Crippen molar-refractivity contribution in [3.63, 3.8) is 0 Å². The molecule has 3 nitrogen and oxygen atoms in total. The van der Waals surface area contributed by atoms with Gasteiger partial charge in [0.25, 0.3) is 5.91 Å². The number of thiophene rings is 1. The number of amides is 1. The topological polar surface area (TPSA) is 42.0 Å². The number of fused-ring (bicyclic) bond motifs is 2. The molecule has 2 aromatic carbocycles. The first-order valence-electron chi connectivity index (χ1n) is 9.37. The third-order valence-electron chi connectivity index (χ3n) is 5.10. The van der Waals surface area contributed by atoms with Crippen molar-refractivity contribution in [2.24, 2.45) is 0 Å². The second-order valence-electron chi connectivity index (χ2n) is 6.95. The lowest BCUT2D eigenvalue weighted by Gasteiger charge is -2.12. The molecule has 2 heterocycles. The monoisotopic (exact) mass is 442 g/mol. The van der Waals surface area contributed by atoms with Crippen molar-refractivity contribution in [3.05, 3.63) is 69.3 Å². The van der Waals surface area contributed by atoms with E-state index >= 15 is 0 Å². The van der Waals surface area contributed by atoms with E-state index in [0.29, 0.717) is 0 Å². The number of aryl methyl sites for hydroxylation is 1. The molecule has 4 aromatic rings. The smallest absolute Gasteiger partial charge is 0.260 e. The van der Waals surface area contributed by atoms with Crippen molar-refractivity contribution in [1.82, 2.24) is 4.98 Å². The van der Waals surface area contributed by atoms with Gasteiger partial charge in [-0.25, -0.2) is 9.37 Å². The van der Waals surface area contributed by atoms with Crippen LogP contribution in [-0.2, 0) is 12.8 Å². The molecule has 7 heteroatoms. The Morgan fingerprint density at radius 1 is 1.07 bits per heavy atom. The van der Waals surface area contributed by atoms with Crippen LogP contribution >= 0.6 is 34.3 Å². The van der Waals surface area contributed by atoms with E-state index in [0.717, 1.165) is 51.5 Å². The average molecular weight is 443 g/mol. The Morgan fingerprint density at radius 2 is 1.90 bits per heavy atom. The second-order valence-corrected chi connectivity index (χ2v) is 9.50. The van der Waals surface area contributed by atoms with Crippen LogP contribution in [-0.4, -0.2) is 10.9 Å². The number of rotatable bonds is 3. The maximum atomic E-state index is 14.2. The Kier molecular flexibility index (Phi) is 4.86. The van der Waals surface area contributed by atoms with E-state index in [4.69, 9.17) is 16.6 Å². The Morgan fingerprint density at radius 3 is 2.72 bits per heavy atom. The molecule has 1 aliphatic carbocycles. The highest BCUT2D eigenvalue weighted by atomic mass is 35.5. The van der Waals surface area contributed by atoms with E-state index in [9.17, 15) is 9.18 Å². The van der Waals surface area contributed by atoms with E-state index in [1.807, 2.05) is 24.3 Å². The van der Waals surface area contributed by atoms with Crippen LogP contribution in [0, 0.1) is 5.82 Å². The molecule has 2 aromatic heterocycles. The van der Waals surface area contributed by atoms with E-state index in [-0.39, 0.29) is 10.6 Å². The van der Waals surface area contributed by atoms with Gasteiger partial charge >= 0.3 is 0 Å². The first kappa shape index (κ1) is 18.7. The molecule has 0 atom stereocenters. The highest BCUT2D eigenvalue weighted by Gasteiger charge is 2.26. The zero-order valence-corrected chi connectivity index (χ0v) is 17.7. The number of nitrogens with zero attached hydrogens (tertiary/aromatic N) is 1. The van der Waals surface area contributed by atoms with Gasteiger partial charge < -0.3 is 5.32 Å². The molecule has 0 aliphatic heterocycles. The fourth-order valence-electron chi connectivity index (χ4n) is 3.74. The van der Waals surface area contributed by atoms with Gasteiger partial charge in [-0.05, 0) is 55.5 Å². The number of hydrogen-bond acceptors (Lipinski definition) is 4. The lowest BCUT2D eigenvalue weighted by atomic mass is 9.95. The zero-order chi connectivity index (χ0) is 20.0. The minimum absolute atomic E-state index is 0.102. The molecule has 5 rings (SSSR count). The van der Waals surface area contributed by atoms with Gasteiger partial charge in [0, 0.05) is 10.4 Å². The molecular weight excluding hydrogens is 427 g/mol. The van der Waals surface area contributed by atoms with Crippen LogP contribution in [0.4, 0.5) is 9.39 Å². The molecule has 0 bridgehead atoms. The summed E-state index contributed by atoms with van der Waals surface area (Å²) in [5.41, 5.74) is 3.05. The number of hydrogen-bond donors (Lipinski definition) is 1. The molecule has 0 spiro atoms. The standard InChI is InChI=1S/C22H16ClFN2OS2/c23-13-7-5-8-14(24)19(13)20(27)26-22-18(12-6-1-3-10-16(12)28-22)21-25-15-9-2-4-11-17(15)29-21/h2,4-5,7-9,11H,1,3,6,10H2,(H,26,27). The third-order valence-corrected chi connectivity index (χ3v) is 7.67. The minimum atomic E-state index is -0.627. The quantitative estimate of drug-likeness (QED) is 0.373. The average Bonchev–Trinajstić information content (AvgIpc) is 3.28. The third kappa shape index (κ3) is 3.35. The maximum absolute atomic E-state index is 14.2. The predicted octanol–water partition coefficient (Wildman–Crippen LogP) is 6.95. The number of para-hydroxylation sites is 1. The van der Waals surface area contributed by atoms with Crippen LogP contribution < -0.4 is 5.32 Å². The van der Waals surface area contributed by atoms with E-state index in [1.54, 1.807) is 22.7 Å². The highest BCUT2D eigenvalue weighted by molar-refractivity contribution is 7.23. The molecule has 0 unspecified atom stereocenters. The number of aromatic nitrogens is 1. The molecule has 1 amide bonds. The van der Waals surface area contributed by atoms with Crippen molar-refractivity contribution in [3.8, 4) is 10.6 Å². The first-order valence-corrected chi connectivity index (χ1v) is 11.4. The fraction of sp³-hybridized carbons (Fsp3) is 0.182. The number of carbonyl (C=O) groups excluding carboxylic acids is 1. The Labute approximate surface area is 180 Å². The number of thiazole rings is 1. The van der Waals surface area contributed by atoms with Crippen molar-refractivity contribution in [2.75, 3.05) is 5.32 Å². The molecular formula is C22H16ClFN2OS2. The predicted molar refractivity (Wildman–Crippen MR) is 119 cm³/mol. The largest absolute Gasteiger partial charge is 0.313 e. The Balaban J connectivity index is 1.61. The maximum Gasteiger partial charge on any atom is 0.260 e. The number of benzene rings is 2. The Bertz CT molecular complexity index is 1190. The van der Waals surface area contributed by atoms with Crippen LogP contribution in [0.3, 0.4) is 0 Å². The van der Waals surface area contributed by atoms with Crippen molar-refractivity contribution in [2.45, 2.75) is 25.7 Å². The zero-order valence-electron chi connectivity index (χ0n) is 15.3. The van der Waals surface area contributed by atoms with Crippen molar-refractivity contribution in [1.29, 1.82) is 0 Å². The minimum Gasteiger partial charge on any atom is -0.313 e. The van der Waals surface area contributed by atoms with Crippen LogP contribution in [0.15, 0.2) is 42.5 Å². The summed E-state index contributed by atoms with van der Waals surface area (Å²) in [6.07, 6.45) is 4.22. The first-order chi connectivity index (χ1) is 14.1. The fourth-order valence-corrected chi connectivity index (χ4v) is 6.38. The summed E-state index contributed by atoms with van der Waals surface area (Å²) in [7, 11) is 0. The van der Waals surface area contributed by atoms with Gasteiger partial charge in [0.1, 0.15) is 15.8 Å². The summed E-state index contributed by atoms with van der Waals surface area (Å²) >= 11 is 9.28. The molecule has 0 fully saturated rings. The van der Waals surface area contributed by atoms with Crippen molar-refractivity contribution >= 4 is 55.4 Å². The highest BCUT2D eigenvalue weighted by Crippen LogP contribution is 2.46. The van der Waals surface area contributed by atoms with Gasteiger partial charge in [-0.1, -0.05) is 29.8 Å². The summed E-state index contributed by atoms with van der Waals surface area (Å²) in [6, 6.07) is 12.3. The van der Waals surface area contributed by atoms with E-state index in [2.05, 4.69) is 5.32 Å². The number of halogens is 2. The van der Waals surface area contributed by atoms with Gasteiger partial charge in [-0.2, -0.15) is 0 Å². The van der Waals surface area contributed by atoms with Gasteiger partial charge in [0.15, 0.2) is 0 Å². The second kappa shape index (κ2) is 7.52.